The molecular formula is C14H17ClN2O2S. The van der Waals surface area contributed by atoms with Gasteiger partial charge in [-0.05, 0) is 43.4 Å². The quantitative estimate of drug-likeness (QED) is 0.660. The minimum Gasteiger partial charge on any atom is -0.465 e. The maximum Gasteiger partial charge on any atom is 0.407 e. The predicted molar refractivity (Wildman–Crippen MR) is 84.4 cm³/mol. The first kappa shape index (κ1) is 15.2. The lowest BCUT2D eigenvalue weighted by atomic mass is 9.98. The third-order valence-electron chi connectivity index (χ3n) is 3.39. The van der Waals surface area contributed by atoms with Gasteiger partial charge < -0.3 is 10.0 Å². The Morgan fingerprint density at radius 1 is 1.35 bits per heavy atom. The molecule has 0 atom stereocenters. The van der Waals surface area contributed by atoms with Gasteiger partial charge in [0.05, 0.1) is 10.7 Å². The number of thioether (sulfide) groups is 1. The molecule has 1 fully saturated rings. The van der Waals surface area contributed by atoms with E-state index in [1.807, 2.05) is 30.5 Å². The number of benzene rings is 1. The van der Waals surface area contributed by atoms with Crippen molar-refractivity contribution in [3.05, 3.63) is 29.3 Å². The number of aliphatic imine (C=N–C) groups is 1. The van der Waals surface area contributed by atoms with Gasteiger partial charge in [0, 0.05) is 24.0 Å². The number of carboxylic acid groups (broad SMARTS) is 1. The lowest BCUT2D eigenvalue weighted by Crippen LogP contribution is -2.38. The molecule has 1 aliphatic rings. The highest BCUT2D eigenvalue weighted by Gasteiger charge is 2.25. The summed E-state index contributed by atoms with van der Waals surface area (Å²) in [5.74, 6) is 0.344. The van der Waals surface area contributed by atoms with E-state index < -0.39 is 6.09 Å². The van der Waals surface area contributed by atoms with Crippen LogP contribution in [0.4, 0.5) is 10.5 Å². The van der Waals surface area contributed by atoms with Crippen molar-refractivity contribution in [1.82, 2.24) is 4.90 Å². The summed E-state index contributed by atoms with van der Waals surface area (Å²) >= 11 is 7.50. The standard InChI is InChI=1S/C14H17ClN2O2S/c1-20-13(16-12-4-2-11(15)3-5-12)10-6-8-17(9-7-10)14(18)19/h2-5,10H,6-9H2,1H3,(H,18,19)/b16-13-. The van der Waals surface area contributed by atoms with Gasteiger partial charge in [0.2, 0.25) is 0 Å². The first-order valence-corrected chi connectivity index (χ1v) is 8.06. The summed E-state index contributed by atoms with van der Waals surface area (Å²) in [7, 11) is 0. The van der Waals surface area contributed by atoms with E-state index in [4.69, 9.17) is 16.7 Å². The number of piperidine rings is 1. The molecule has 6 heteroatoms. The van der Waals surface area contributed by atoms with Crippen LogP contribution in [0.3, 0.4) is 0 Å². The second kappa shape index (κ2) is 6.99. The number of hydrogen-bond acceptors (Lipinski definition) is 3. The summed E-state index contributed by atoms with van der Waals surface area (Å²) in [6.45, 7) is 1.17. The molecule has 0 aliphatic carbocycles. The highest BCUT2D eigenvalue weighted by atomic mass is 35.5. The zero-order valence-electron chi connectivity index (χ0n) is 11.3. The third-order valence-corrected chi connectivity index (χ3v) is 4.48. The van der Waals surface area contributed by atoms with Crippen LogP contribution in [0.25, 0.3) is 0 Å². The average Bonchev–Trinajstić information content (AvgIpc) is 2.47. The van der Waals surface area contributed by atoms with E-state index in [2.05, 4.69) is 4.99 Å². The monoisotopic (exact) mass is 312 g/mol. The van der Waals surface area contributed by atoms with Gasteiger partial charge in [0.25, 0.3) is 0 Å². The topological polar surface area (TPSA) is 52.9 Å². The van der Waals surface area contributed by atoms with Gasteiger partial charge in [-0.1, -0.05) is 11.6 Å². The van der Waals surface area contributed by atoms with Crippen LogP contribution in [-0.4, -0.2) is 40.5 Å². The summed E-state index contributed by atoms with van der Waals surface area (Å²) in [5, 5.41) is 10.7. The Labute approximate surface area is 127 Å². The van der Waals surface area contributed by atoms with Gasteiger partial charge >= 0.3 is 6.09 Å². The SMILES string of the molecule is CS/C(=N\c1ccc(Cl)cc1)C1CCN(C(=O)O)CC1. The zero-order valence-corrected chi connectivity index (χ0v) is 12.8. The molecule has 20 heavy (non-hydrogen) atoms. The van der Waals surface area contributed by atoms with E-state index in [0.717, 1.165) is 23.6 Å². The van der Waals surface area contributed by atoms with Gasteiger partial charge in [-0.15, -0.1) is 11.8 Å². The summed E-state index contributed by atoms with van der Waals surface area (Å²) in [6, 6.07) is 7.44. The van der Waals surface area contributed by atoms with Crippen LogP contribution in [-0.2, 0) is 0 Å². The Hall–Kier alpha value is -1.20. The van der Waals surface area contributed by atoms with Crippen molar-refractivity contribution in [2.45, 2.75) is 12.8 Å². The molecule has 0 aromatic heterocycles. The molecular weight excluding hydrogens is 296 g/mol. The highest BCUT2D eigenvalue weighted by molar-refractivity contribution is 8.13. The van der Waals surface area contributed by atoms with E-state index in [1.54, 1.807) is 11.8 Å². The molecule has 108 valence electrons. The smallest absolute Gasteiger partial charge is 0.407 e. The van der Waals surface area contributed by atoms with Crippen molar-refractivity contribution in [3.8, 4) is 0 Å². The zero-order chi connectivity index (χ0) is 14.5. The molecule has 0 unspecified atom stereocenters. The van der Waals surface area contributed by atoms with Crippen LogP contribution in [0.5, 0.6) is 0 Å². The number of likely N-dealkylation sites (tertiary alicyclic amines) is 1. The van der Waals surface area contributed by atoms with Crippen LogP contribution in [0, 0.1) is 5.92 Å². The lowest BCUT2D eigenvalue weighted by Gasteiger charge is -2.30. The van der Waals surface area contributed by atoms with Crippen molar-refractivity contribution < 1.29 is 9.90 Å². The molecule has 1 heterocycles. The molecule has 1 aromatic carbocycles. The van der Waals surface area contributed by atoms with Crippen molar-refractivity contribution in [1.29, 1.82) is 0 Å². The largest absolute Gasteiger partial charge is 0.465 e. The fraction of sp³-hybridized carbons (Fsp3) is 0.429. The summed E-state index contributed by atoms with van der Waals surface area (Å²) in [6.07, 6.45) is 2.85. The number of rotatable bonds is 2. The number of carbonyl (C=O) groups is 1. The molecule has 1 aromatic rings. The minimum atomic E-state index is -0.830. The van der Waals surface area contributed by atoms with Gasteiger partial charge in [-0.3, -0.25) is 0 Å². The van der Waals surface area contributed by atoms with Gasteiger partial charge in [0.1, 0.15) is 0 Å². The molecule has 1 N–H and O–H groups in total. The number of halogens is 1. The van der Waals surface area contributed by atoms with E-state index >= 15 is 0 Å². The van der Waals surface area contributed by atoms with Crippen LogP contribution < -0.4 is 0 Å². The lowest BCUT2D eigenvalue weighted by molar-refractivity contribution is 0.131. The highest BCUT2D eigenvalue weighted by Crippen LogP contribution is 2.26. The van der Waals surface area contributed by atoms with Crippen molar-refractivity contribution in [2.24, 2.45) is 10.9 Å². The fourth-order valence-electron chi connectivity index (χ4n) is 2.26. The molecule has 0 spiro atoms. The molecule has 0 radical (unpaired) electrons. The third kappa shape index (κ3) is 3.90. The Bertz CT molecular complexity index is 496. The molecule has 4 nitrogen and oxygen atoms in total. The average molecular weight is 313 g/mol. The first-order valence-electron chi connectivity index (χ1n) is 6.46. The molecule has 0 saturated carbocycles. The number of hydrogen-bond donors (Lipinski definition) is 1. The molecule has 1 amide bonds. The second-order valence-corrected chi connectivity index (χ2v) is 5.94. The fourth-order valence-corrected chi connectivity index (χ4v) is 3.16. The Morgan fingerprint density at radius 3 is 2.45 bits per heavy atom. The second-order valence-electron chi connectivity index (χ2n) is 4.67. The van der Waals surface area contributed by atoms with Crippen LogP contribution in [0.2, 0.25) is 5.02 Å². The van der Waals surface area contributed by atoms with E-state index in [-0.39, 0.29) is 0 Å². The number of nitrogens with zero attached hydrogens (tertiary/aromatic N) is 2. The molecule has 1 aliphatic heterocycles. The van der Waals surface area contributed by atoms with Gasteiger partial charge in [-0.2, -0.15) is 0 Å². The Balaban J connectivity index is 2.05. The van der Waals surface area contributed by atoms with E-state index in [0.29, 0.717) is 24.0 Å². The summed E-state index contributed by atoms with van der Waals surface area (Å²) in [5.41, 5.74) is 0.888. The van der Waals surface area contributed by atoms with Crippen LogP contribution >= 0.6 is 23.4 Å². The first-order chi connectivity index (χ1) is 9.60. The molecule has 0 bridgehead atoms. The predicted octanol–water partition coefficient (Wildman–Crippen LogP) is 4.12. The number of amides is 1. The normalized spacial score (nSPS) is 17.3. The maximum atomic E-state index is 10.9. The van der Waals surface area contributed by atoms with Crippen LogP contribution in [0.1, 0.15) is 12.8 Å². The van der Waals surface area contributed by atoms with Crippen molar-refractivity contribution >= 4 is 40.2 Å². The van der Waals surface area contributed by atoms with E-state index in [1.165, 1.54) is 4.90 Å². The minimum absolute atomic E-state index is 0.344. The van der Waals surface area contributed by atoms with Crippen molar-refractivity contribution in [2.75, 3.05) is 19.3 Å². The van der Waals surface area contributed by atoms with Crippen LogP contribution in [0.15, 0.2) is 29.3 Å². The maximum absolute atomic E-state index is 10.9. The van der Waals surface area contributed by atoms with E-state index in [9.17, 15) is 4.79 Å². The van der Waals surface area contributed by atoms with Gasteiger partial charge in [-0.25, -0.2) is 9.79 Å². The molecule has 1 saturated heterocycles. The molecule has 2 rings (SSSR count). The summed E-state index contributed by atoms with van der Waals surface area (Å²) in [4.78, 5) is 17.0. The summed E-state index contributed by atoms with van der Waals surface area (Å²) < 4.78 is 0. The Kier molecular flexibility index (Phi) is 5.31. The van der Waals surface area contributed by atoms with Gasteiger partial charge in [0.15, 0.2) is 0 Å². The van der Waals surface area contributed by atoms with Crippen molar-refractivity contribution in [3.63, 3.8) is 0 Å². The Morgan fingerprint density at radius 2 is 1.95 bits per heavy atom.